The summed E-state index contributed by atoms with van der Waals surface area (Å²) in [5.74, 6) is -0.594. The molecule has 0 unspecified atom stereocenters. The Bertz CT molecular complexity index is 1110. The van der Waals surface area contributed by atoms with E-state index in [0.29, 0.717) is 21.4 Å². The molecule has 3 aromatic rings. The molecule has 0 saturated heterocycles. The van der Waals surface area contributed by atoms with Crippen molar-refractivity contribution in [2.45, 2.75) is 52.5 Å². The lowest BCUT2D eigenvalue weighted by Crippen LogP contribution is -2.38. The predicted molar refractivity (Wildman–Crippen MR) is 115 cm³/mol. The average Bonchev–Trinajstić information content (AvgIpc) is 3.52. The maximum atomic E-state index is 13.5. The molecule has 1 amide bonds. The van der Waals surface area contributed by atoms with Crippen molar-refractivity contribution in [3.05, 3.63) is 34.3 Å². The molecule has 3 aromatic heterocycles. The van der Waals surface area contributed by atoms with E-state index in [1.807, 2.05) is 14.0 Å². The second kappa shape index (κ2) is 8.62. The molecule has 10 heteroatoms. The smallest absolute Gasteiger partial charge is 0.350 e. The summed E-state index contributed by atoms with van der Waals surface area (Å²) in [7, 11) is 1.85. The van der Waals surface area contributed by atoms with Crippen LogP contribution in [0, 0.1) is 13.8 Å². The van der Waals surface area contributed by atoms with Crippen LogP contribution in [-0.2, 0) is 11.8 Å². The first-order chi connectivity index (χ1) is 14.9. The van der Waals surface area contributed by atoms with E-state index in [4.69, 9.17) is 9.26 Å². The third-order valence-electron chi connectivity index (χ3n) is 5.59. The minimum atomic E-state index is -0.420. The molecule has 0 radical (unpaired) electrons. The zero-order valence-electron chi connectivity index (χ0n) is 18.0. The Morgan fingerprint density at radius 3 is 2.71 bits per heavy atom. The summed E-state index contributed by atoms with van der Waals surface area (Å²) in [6.45, 7) is 5.72. The Morgan fingerprint density at radius 2 is 2.06 bits per heavy atom. The van der Waals surface area contributed by atoms with E-state index in [2.05, 4.69) is 15.2 Å². The largest absolute Gasteiger partial charge is 0.462 e. The van der Waals surface area contributed by atoms with Crippen molar-refractivity contribution in [2.24, 2.45) is 7.05 Å². The van der Waals surface area contributed by atoms with Gasteiger partial charge in [-0.1, -0.05) is 29.3 Å². The van der Waals surface area contributed by atoms with Crippen LogP contribution in [-0.4, -0.2) is 44.4 Å². The Balaban J connectivity index is 1.68. The standard InChI is InChI=1S/C21H25N5O4S/c1-5-29-20(28)18-12(2)23-21(31-18)26(14-8-6-7-9-14)19(27)17-10-16(24-30-17)15-11-22-25(4)13(15)3/h10-11,14H,5-9H2,1-4H3. The zero-order valence-corrected chi connectivity index (χ0v) is 18.9. The highest BCUT2D eigenvalue weighted by Crippen LogP contribution is 2.35. The van der Waals surface area contributed by atoms with Gasteiger partial charge in [-0.3, -0.25) is 14.4 Å². The fourth-order valence-electron chi connectivity index (χ4n) is 3.81. The van der Waals surface area contributed by atoms with E-state index < -0.39 is 5.97 Å². The number of carbonyl (C=O) groups is 2. The summed E-state index contributed by atoms with van der Waals surface area (Å²) in [6.07, 6.45) is 5.54. The van der Waals surface area contributed by atoms with Crippen molar-refractivity contribution in [1.82, 2.24) is 19.9 Å². The van der Waals surface area contributed by atoms with Crippen LogP contribution in [0.2, 0.25) is 0 Å². The Hall–Kier alpha value is -3.01. The normalized spacial score (nSPS) is 14.2. The van der Waals surface area contributed by atoms with Crippen molar-refractivity contribution in [3.8, 4) is 11.3 Å². The molecule has 1 aliphatic rings. The highest BCUT2D eigenvalue weighted by Gasteiger charge is 2.34. The summed E-state index contributed by atoms with van der Waals surface area (Å²) < 4.78 is 12.3. The third kappa shape index (κ3) is 3.99. The molecule has 1 aliphatic carbocycles. The highest BCUT2D eigenvalue weighted by atomic mass is 32.1. The molecule has 3 heterocycles. The number of amides is 1. The summed E-state index contributed by atoms with van der Waals surface area (Å²) >= 11 is 1.18. The Morgan fingerprint density at radius 1 is 1.32 bits per heavy atom. The maximum Gasteiger partial charge on any atom is 0.350 e. The molecular formula is C21H25N5O4S. The van der Waals surface area contributed by atoms with Gasteiger partial charge >= 0.3 is 5.97 Å². The number of carbonyl (C=O) groups excluding carboxylic acids is 2. The van der Waals surface area contributed by atoms with Gasteiger partial charge in [0.1, 0.15) is 10.6 Å². The van der Waals surface area contributed by atoms with Crippen LogP contribution in [0.25, 0.3) is 11.3 Å². The van der Waals surface area contributed by atoms with Gasteiger partial charge in [-0.2, -0.15) is 5.10 Å². The molecule has 0 aromatic carbocycles. The van der Waals surface area contributed by atoms with Gasteiger partial charge in [0.25, 0.3) is 5.91 Å². The number of rotatable bonds is 6. The van der Waals surface area contributed by atoms with E-state index in [-0.39, 0.29) is 24.3 Å². The molecule has 0 atom stereocenters. The van der Waals surface area contributed by atoms with Crippen molar-refractivity contribution in [1.29, 1.82) is 0 Å². The highest BCUT2D eigenvalue weighted by molar-refractivity contribution is 7.17. The molecule has 0 bridgehead atoms. The van der Waals surface area contributed by atoms with Crippen LogP contribution in [0.4, 0.5) is 5.13 Å². The van der Waals surface area contributed by atoms with Gasteiger partial charge in [0.2, 0.25) is 5.76 Å². The predicted octanol–water partition coefficient (Wildman–Crippen LogP) is 3.91. The van der Waals surface area contributed by atoms with Gasteiger partial charge in [0.05, 0.1) is 18.5 Å². The summed E-state index contributed by atoms with van der Waals surface area (Å²) in [5, 5.41) is 8.80. The monoisotopic (exact) mass is 443 g/mol. The summed E-state index contributed by atoms with van der Waals surface area (Å²) in [6, 6.07) is 1.64. The Labute approximate surface area is 184 Å². The number of thiazole rings is 1. The second-order valence-corrected chi connectivity index (χ2v) is 8.57. The lowest BCUT2D eigenvalue weighted by atomic mass is 10.1. The molecule has 9 nitrogen and oxygen atoms in total. The van der Waals surface area contributed by atoms with Gasteiger partial charge in [0, 0.05) is 30.4 Å². The van der Waals surface area contributed by atoms with Crippen LogP contribution in [0.15, 0.2) is 16.8 Å². The van der Waals surface area contributed by atoms with E-state index in [9.17, 15) is 9.59 Å². The average molecular weight is 444 g/mol. The molecule has 164 valence electrons. The second-order valence-electron chi connectivity index (χ2n) is 7.59. The van der Waals surface area contributed by atoms with Crippen LogP contribution < -0.4 is 4.90 Å². The van der Waals surface area contributed by atoms with Crippen LogP contribution in [0.1, 0.15) is 64.2 Å². The zero-order chi connectivity index (χ0) is 22.1. The van der Waals surface area contributed by atoms with Crippen molar-refractivity contribution < 1.29 is 18.8 Å². The van der Waals surface area contributed by atoms with Gasteiger partial charge in [-0.15, -0.1) is 0 Å². The topological polar surface area (TPSA) is 103 Å². The first kappa shape index (κ1) is 21.2. The van der Waals surface area contributed by atoms with Gasteiger partial charge in [-0.25, -0.2) is 9.78 Å². The Kier molecular flexibility index (Phi) is 5.90. The fraction of sp³-hybridized carbons (Fsp3) is 0.476. The van der Waals surface area contributed by atoms with Crippen molar-refractivity contribution in [2.75, 3.05) is 11.5 Å². The van der Waals surface area contributed by atoms with Gasteiger partial charge in [0.15, 0.2) is 5.13 Å². The van der Waals surface area contributed by atoms with Crippen LogP contribution in [0.3, 0.4) is 0 Å². The maximum absolute atomic E-state index is 13.5. The number of aromatic nitrogens is 4. The van der Waals surface area contributed by atoms with Gasteiger partial charge in [-0.05, 0) is 33.6 Å². The van der Waals surface area contributed by atoms with Crippen LogP contribution >= 0.6 is 11.3 Å². The minimum Gasteiger partial charge on any atom is -0.462 e. The number of anilines is 1. The molecular weight excluding hydrogens is 418 g/mol. The van der Waals surface area contributed by atoms with E-state index in [1.165, 1.54) is 11.3 Å². The molecule has 31 heavy (non-hydrogen) atoms. The summed E-state index contributed by atoms with van der Waals surface area (Å²) in [4.78, 5) is 32.4. The summed E-state index contributed by atoms with van der Waals surface area (Å²) in [5.41, 5.74) is 2.85. The minimum absolute atomic E-state index is 0.00164. The van der Waals surface area contributed by atoms with E-state index >= 15 is 0 Å². The molecule has 1 fully saturated rings. The lowest BCUT2D eigenvalue weighted by Gasteiger charge is -2.25. The third-order valence-corrected chi connectivity index (χ3v) is 6.73. The van der Waals surface area contributed by atoms with E-state index in [0.717, 1.165) is 36.9 Å². The number of hydrogen-bond acceptors (Lipinski definition) is 8. The molecule has 0 aliphatic heterocycles. The van der Waals surface area contributed by atoms with E-state index in [1.54, 1.807) is 35.7 Å². The molecule has 0 spiro atoms. The number of esters is 1. The lowest BCUT2D eigenvalue weighted by molar-refractivity contribution is 0.0531. The number of hydrogen-bond donors (Lipinski definition) is 0. The molecule has 0 N–H and O–H groups in total. The SMILES string of the molecule is CCOC(=O)c1sc(N(C(=O)c2cc(-c3cnn(C)c3C)no2)C2CCCC2)nc1C. The van der Waals surface area contributed by atoms with Crippen molar-refractivity contribution in [3.63, 3.8) is 0 Å². The number of aryl methyl sites for hydroxylation is 2. The quantitative estimate of drug-likeness (QED) is 0.532. The molecule has 4 rings (SSSR count). The van der Waals surface area contributed by atoms with Gasteiger partial charge < -0.3 is 9.26 Å². The van der Waals surface area contributed by atoms with Crippen molar-refractivity contribution >= 4 is 28.3 Å². The number of nitrogens with zero attached hydrogens (tertiary/aromatic N) is 5. The van der Waals surface area contributed by atoms with Crippen LogP contribution in [0.5, 0.6) is 0 Å². The first-order valence-electron chi connectivity index (χ1n) is 10.3. The molecule has 1 saturated carbocycles. The first-order valence-corrected chi connectivity index (χ1v) is 11.2. The number of ether oxygens (including phenoxy) is 1. The fourth-order valence-corrected chi connectivity index (χ4v) is 4.85.